The van der Waals surface area contributed by atoms with Crippen molar-refractivity contribution in [2.45, 2.75) is 19.9 Å². The lowest BCUT2D eigenvalue weighted by molar-refractivity contribution is 0.602. The van der Waals surface area contributed by atoms with Gasteiger partial charge >= 0.3 is 0 Å². The van der Waals surface area contributed by atoms with E-state index in [0.717, 1.165) is 0 Å². The number of hydrogen-bond acceptors (Lipinski definition) is 2. The third-order valence-corrected chi connectivity index (χ3v) is 2.61. The van der Waals surface area contributed by atoms with Crippen LogP contribution < -0.4 is 11.1 Å². The fourth-order valence-corrected chi connectivity index (χ4v) is 1.55. The molecule has 0 bridgehead atoms. The van der Waals surface area contributed by atoms with E-state index in [1.807, 2.05) is 7.05 Å². The van der Waals surface area contributed by atoms with Gasteiger partial charge in [0, 0.05) is 12.6 Å². The molecule has 0 aliphatic rings. The summed E-state index contributed by atoms with van der Waals surface area (Å²) < 4.78 is 0. The van der Waals surface area contributed by atoms with E-state index in [4.69, 9.17) is 5.73 Å². The monoisotopic (exact) mass is 178 g/mol. The van der Waals surface area contributed by atoms with Gasteiger partial charge in [-0.05, 0) is 37.6 Å². The van der Waals surface area contributed by atoms with Crippen LogP contribution in [0.5, 0.6) is 0 Å². The van der Waals surface area contributed by atoms with Crippen molar-refractivity contribution in [3.05, 3.63) is 34.9 Å². The third kappa shape index (κ3) is 2.08. The predicted octanol–water partition coefficient (Wildman–Crippen LogP) is 1.52. The first kappa shape index (κ1) is 10.2. The number of hydrogen-bond donors (Lipinski definition) is 2. The quantitative estimate of drug-likeness (QED) is 0.736. The van der Waals surface area contributed by atoms with Crippen LogP contribution in [0.2, 0.25) is 0 Å². The molecule has 2 heteroatoms. The lowest BCUT2D eigenvalue weighted by Gasteiger charge is -2.17. The van der Waals surface area contributed by atoms with Crippen molar-refractivity contribution < 1.29 is 0 Å². The molecule has 0 aromatic heterocycles. The molecule has 1 aromatic rings. The van der Waals surface area contributed by atoms with Crippen LogP contribution in [0, 0.1) is 13.8 Å². The van der Waals surface area contributed by atoms with Crippen molar-refractivity contribution in [1.29, 1.82) is 0 Å². The Labute approximate surface area is 80.1 Å². The van der Waals surface area contributed by atoms with Crippen molar-refractivity contribution in [1.82, 2.24) is 5.32 Å². The summed E-state index contributed by atoms with van der Waals surface area (Å²) >= 11 is 0. The number of likely N-dealkylation sites (N-methyl/N-ethyl adjacent to an activating group) is 1. The van der Waals surface area contributed by atoms with Crippen LogP contribution in [0.15, 0.2) is 18.2 Å². The smallest absolute Gasteiger partial charge is 0.0444 e. The number of benzene rings is 1. The molecule has 13 heavy (non-hydrogen) atoms. The standard InChI is InChI=1S/C11H18N2/c1-8-5-4-6-10(9(8)2)11(7-12)13-3/h4-6,11,13H,7,12H2,1-3H3. The van der Waals surface area contributed by atoms with E-state index in [-0.39, 0.29) is 6.04 Å². The Bertz CT molecular complexity index is 277. The van der Waals surface area contributed by atoms with Crippen molar-refractivity contribution >= 4 is 0 Å². The summed E-state index contributed by atoms with van der Waals surface area (Å²) in [6.07, 6.45) is 0. The lowest BCUT2D eigenvalue weighted by Crippen LogP contribution is -2.25. The molecule has 1 aromatic carbocycles. The second kappa shape index (κ2) is 4.40. The van der Waals surface area contributed by atoms with Gasteiger partial charge in [-0.15, -0.1) is 0 Å². The number of nitrogens with two attached hydrogens (primary N) is 1. The molecule has 0 saturated heterocycles. The molecular weight excluding hydrogens is 160 g/mol. The van der Waals surface area contributed by atoms with Gasteiger partial charge in [0.05, 0.1) is 0 Å². The first-order valence-electron chi connectivity index (χ1n) is 4.64. The zero-order chi connectivity index (χ0) is 9.84. The molecule has 0 amide bonds. The Morgan fingerprint density at radius 3 is 2.62 bits per heavy atom. The summed E-state index contributed by atoms with van der Waals surface area (Å²) in [5.74, 6) is 0. The Balaban J connectivity index is 3.05. The summed E-state index contributed by atoms with van der Waals surface area (Å²) in [6, 6.07) is 6.62. The second-order valence-electron chi connectivity index (χ2n) is 3.37. The predicted molar refractivity (Wildman–Crippen MR) is 56.8 cm³/mol. The summed E-state index contributed by atoms with van der Waals surface area (Å²) in [4.78, 5) is 0. The van der Waals surface area contributed by atoms with E-state index in [1.54, 1.807) is 0 Å². The maximum atomic E-state index is 5.67. The molecule has 2 nitrogen and oxygen atoms in total. The summed E-state index contributed by atoms with van der Waals surface area (Å²) in [7, 11) is 1.94. The second-order valence-corrected chi connectivity index (χ2v) is 3.37. The Morgan fingerprint density at radius 2 is 2.08 bits per heavy atom. The fourth-order valence-electron chi connectivity index (χ4n) is 1.55. The zero-order valence-electron chi connectivity index (χ0n) is 8.59. The highest BCUT2D eigenvalue weighted by Gasteiger charge is 2.09. The van der Waals surface area contributed by atoms with Crippen LogP contribution in [-0.4, -0.2) is 13.6 Å². The van der Waals surface area contributed by atoms with Crippen molar-refractivity contribution in [2.75, 3.05) is 13.6 Å². The summed E-state index contributed by atoms with van der Waals surface area (Å²) in [5.41, 5.74) is 9.65. The van der Waals surface area contributed by atoms with E-state index >= 15 is 0 Å². The first-order chi connectivity index (χ1) is 6.20. The van der Waals surface area contributed by atoms with Gasteiger partial charge in [-0.25, -0.2) is 0 Å². The topological polar surface area (TPSA) is 38.0 Å². The molecule has 0 heterocycles. The molecule has 1 unspecified atom stereocenters. The zero-order valence-corrected chi connectivity index (χ0v) is 8.59. The minimum atomic E-state index is 0.278. The fraction of sp³-hybridized carbons (Fsp3) is 0.455. The maximum Gasteiger partial charge on any atom is 0.0444 e. The van der Waals surface area contributed by atoms with Gasteiger partial charge in [0.15, 0.2) is 0 Å². The van der Waals surface area contributed by atoms with Crippen LogP contribution in [0.4, 0.5) is 0 Å². The van der Waals surface area contributed by atoms with Crippen LogP contribution in [0.3, 0.4) is 0 Å². The number of nitrogens with one attached hydrogen (secondary N) is 1. The minimum absolute atomic E-state index is 0.278. The van der Waals surface area contributed by atoms with Gasteiger partial charge in [-0.1, -0.05) is 18.2 Å². The van der Waals surface area contributed by atoms with Crippen LogP contribution in [0.25, 0.3) is 0 Å². The highest BCUT2D eigenvalue weighted by Crippen LogP contribution is 2.19. The van der Waals surface area contributed by atoms with Gasteiger partial charge in [-0.2, -0.15) is 0 Å². The number of rotatable bonds is 3. The summed E-state index contributed by atoms with van der Waals surface area (Å²) in [5, 5.41) is 3.21. The molecule has 3 N–H and O–H groups in total. The first-order valence-corrected chi connectivity index (χ1v) is 4.64. The Morgan fingerprint density at radius 1 is 1.38 bits per heavy atom. The van der Waals surface area contributed by atoms with Crippen molar-refractivity contribution in [3.8, 4) is 0 Å². The Kier molecular flexibility index (Phi) is 3.46. The maximum absolute atomic E-state index is 5.67. The molecule has 0 aliphatic heterocycles. The normalized spacial score (nSPS) is 12.9. The van der Waals surface area contributed by atoms with Gasteiger partial charge in [-0.3, -0.25) is 0 Å². The molecule has 1 atom stereocenters. The highest BCUT2D eigenvalue weighted by molar-refractivity contribution is 5.35. The largest absolute Gasteiger partial charge is 0.329 e. The average Bonchev–Trinajstić information content (AvgIpc) is 2.14. The van der Waals surface area contributed by atoms with Gasteiger partial charge < -0.3 is 11.1 Å². The van der Waals surface area contributed by atoms with Crippen LogP contribution >= 0.6 is 0 Å². The van der Waals surface area contributed by atoms with E-state index in [2.05, 4.69) is 37.4 Å². The molecule has 0 saturated carbocycles. The number of aryl methyl sites for hydroxylation is 1. The van der Waals surface area contributed by atoms with Crippen molar-refractivity contribution in [2.24, 2.45) is 5.73 Å². The highest BCUT2D eigenvalue weighted by atomic mass is 14.9. The minimum Gasteiger partial charge on any atom is -0.329 e. The molecule has 0 aliphatic carbocycles. The van der Waals surface area contributed by atoms with Crippen LogP contribution in [-0.2, 0) is 0 Å². The summed E-state index contributed by atoms with van der Waals surface area (Å²) in [6.45, 7) is 4.91. The Hall–Kier alpha value is -0.860. The SMILES string of the molecule is CNC(CN)c1cccc(C)c1C. The van der Waals surface area contributed by atoms with E-state index < -0.39 is 0 Å². The van der Waals surface area contributed by atoms with Gasteiger partial charge in [0.1, 0.15) is 0 Å². The van der Waals surface area contributed by atoms with E-state index in [1.165, 1.54) is 16.7 Å². The molecule has 0 radical (unpaired) electrons. The average molecular weight is 178 g/mol. The molecular formula is C11H18N2. The molecule has 72 valence electrons. The van der Waals surface area contributed by atoms with Crippen molar-refractivity contribution in [3.63, 3.8) is 0 Å². The van der Waals surface area contributed by atoms with Crippen LogP contribution in [0.1, 0.15) is 22.7 Å². The van der Waals surface area contributed by atoms with Gasteiger partial charge in [0.25, 0.3) is 0 Å². The van der Waals surface area contributed by atoms with E-state index in [0.29, 0.717) is 6.54 Å². The van der Waals surface area contributed by atoms with E-state index in [9.17, 15) is 0 Å². The third-order valence-electron chi connectivity index (χ3n) is 2.61. The molecule has 1 rings (SSSR count). The lowest BCUT2D eigenvalue weighted by atomic mass is 9.98. The van der Waals surface area contributed by atoms with Gasteiger partial charge in [0.2, 0.25) is 0 Å². The molecule has 0 fully saturated rings. The molecule has 0 spiro atoms.